The smallest absolute Gasteiger partial charge is 0.407 e. The Morgan fingerprint density at radius 2 is 2.21 bits per heavy atom. The zero-order valence-electron chi connectivity index (χ0n) is 14.4. The average molecular weight is 335 g/mol. The molecule has 7 nitrogen and oxygen atoms in total. The number of ether oxygens (including phenoxy) is 2. The highest BCUT2D eigenvalue weighted by Gasteiger charge is 2.27. The van der Waals surface area contributed by atoms with Crippen LogP contribution in [0.3, 0.4) is 0 Å². The van der Waals surface area contributed by atoms with Gasteiger partial charge < -0.3 is 19.7 Å². The molecule has 24 heavy (non-hydrogen) atoms. The summed E-state index contributed by atoms with van der Waals surface area (Å²) in [5.41, 5.74) is -0.542. The lowest BCUT2D eigenvalue weighted by Crippen LogP contribution is -2.36. The van der Waals surface area contributed by atoms with E-state index >= 15 is 0 Å². The van der Waals surface area contributed by atoms with Gasteiger partial charge in [0, 0.05) is 32.1 Å². The topological polar surface area (TPSA) is 80.8 Å². The Balaban J connectivity index is 1.68. The number of carbonyl (C=O) groups is 2. The van der Waals surface area contributed by atoms with Gasteiger partial charge in [0.1, 0.15) is 17.5 Å². The Morgan fingerprint density at radius 3 is 2.88 bits per heavy atom. The molecule has 0 unspecified atom stereocenters. The summed E-state index contributed by atoms with van der Waals surface area (Å²) in [6.07, 6.45) is 3.87. The Kier molecular flexibility index (Phi) is 6.00. The Hall–Kier alpha value is -2.31. The number of aromatic nitrogens is 1. The molecule has 0 radical (unpaired) electrons. The fourth-order valence-corrected chi connectivity index (χ4v) is 2.40. The number of hydrogen-bond acceptors (Lipinski definition) is 5. The second-order valence-corrected chi connectivity index (χ2v) is 6.74. The molecule has 1 saturated heterocycles. The first kappa shape index (κ1) is 18.0. The second kappa shape index (κ2) is 7.99. The van der Waals surface area contributed by atoms with Crippen LogP contribution in [0.25, 0.3) is 0 Å². The molecule has 0 aromatic carbocycles. The number of alkyl carbamates (subject to hydrolysis) is 1. The van der Waals surface area contributed by atoms with Gasteiger partial charge in [-0.05, 0) is 32.9 Å². The third-order valence-electron chi connectivity index (χ3n) is 3.44. The monoisotopic (exact) mass is 335 g/mol. The van der Waals surface area contributed by atoms with E-state index in [0.29, 0.717) is 18.8 Å². The highest BCUT2D eigenvalue weighted by Crippen LogP contribution is 2.17. The number of nitrogens with zero attached hydrogens (tertiary/aromatic N) is 2. The van der Waals surface area contributed by atoms with Gasteiger partial charge >= 0.3 is 6.09 Å². The largest absolute Gasteiger partial charge is 0.487 e. The van der Waals surface area contributed by atoms with Crippen LogP contribution < -0.4 is 10.1 Å². The van der Waals surface area contributed by atoms with E-state index in [2.05, 4.69) is 10.3 Å². The summed E-state index contributed by atoms with van der Waals surface area (Å²) in [6, 6.07) is 3.66. The van der Waals surface area contributed by atoms with Crippen molar-refractivity contribution in [3.05, 3.63) is 24.5 Å². The van der Waals surface area contributed by atoms with Crippen molar-refractivity contribution in [3.8, 4) is 5.75 Å². The minimum Gasteiger partial charge on any atom is -0.487 e. The number of rotatable bonds is 5. The number of pyridine rings is 1. The SMILES string of the molecule is CC(C)(C)OC(=O)NCCC(=O)N1CC[C@@H](Oc2cccnc2)C1. The maximum absolute atomic E-state index is 12.2. The molecule has 1 N–H and O–H groups in total. The van der Waals surface area contributed by atoms with Gasteiger partial charge in [0.15, 0.2) is 0 Å². The number of carbonyl (C=O) groups excluding carboxylic acids is 2. The highest BCUT2D eigenvalue weighted by molar-refractivity contribution is 5.77. The molecule has 0 aliphatic carbocycles. The molecule has 0 spiro atoms. The van der Waals surface area contributed by atoms with Crippen molar-refractivity contribution >= 4 is 12.0 Å². The van der Waals surface area contributed by atoms with E-state index in [1.54, 1.807) is 38.1 Å². The molecular weight excluding hydrogens is 310 g/mol. The van der Waals surface area contributed by atoms with Crippen molar-refractivity contribution in [2.24, 2.45) is 0 Å². The molecule has 1 fully saturated rings. The van der Waals surface area contributed by atoms with E-state index in [9.17, 15) is 9.59 Å². The van der Waals surface area contributed by atoms with Gasteiger partial charge in [0.05, 0.1) is 12.7 Å². The van der Waals surface area contributed by atoms with Gasteiger partial charge in [0.2, 0.25) is 5.91 Å². The Bertz CT molecular complexity index is 557. The summed E-state index contributed by atoms with van der Waals surface area (Å²) in [5, 5.41) is 2.60. The molecule has 1 aliphatic rings. The van der Waals surface area contributed by atoms with Crippen LogP contribution in [0, 0.1) is 0 Å². The molecule has 2 rings (SSSR count). The fraction of sp³-hybridized carbons (Fsp3) is 0.588. The van der Waals surface area contributed by atoms with Gasteiger partial charge in [0.25, 0.3) is 0 Å². The normalized spacial score (nSPS) is 17.5. The lowest BCUT2D eigenvalue weighted by molar-refractivity contribution is -0.130. The van der Waals surface area contributed by atoms with Gasteiger partial charge in [-0.1, -0.05) is 0 Å². The average Bonchev–Trinajstić information content (AvgIpc) is 2.95. The maximum Gasteiger partial charge on any atom is 0.407 e. The van der Waals surface area contributed by atoms with Gasteiger partial charge in [-0.3, -0.25) is 9.78 Å². The van der Waals surface area contributed by atoms with Gasteiger partial charge in [-0.15, -0.1) is 0 Å². The van der Waals surface area contributed by atoms with Crippen molar-refractivity contribution in [1.29, 1.82) is 0 Å². The molecule has 1 aromatic rings. The first-order valence-corrected chi connectivity index (χ1v) is 8.15. The molecule has 2 amide bonds. The van der Waals surface area contributed by atoms with E-state index < -0.39 is 11.7 Å². The van der Waals surface area contributed by atoms with Crippen molar-refractivity contribution in [2.45, 2.75) is 45.3 Å². The van der Waals surface area contributed by atoms with Crippen LogP contribution in [-0.2, 0) is 9.53 Å². The van der Waals surface area contributed by atoms with E-state index in [1.165, 1.54) is 0 Å². The first-order valence-electron chi connectivity index (χ1n) is 8.15. The fourth-order valence-electron chi connectivity index (χ4n) is 2.40. The summed E-state index contributed by atoms with van der Waals surface area (Å²) in [4.78, 5) is 29.5. The third kappa shape index (κ3) is 6.06. The number of amides is 2. The minimum absolute atomic E-state index is 0.00310. The maximum atomic E-state index is 12.2. The van der Waals surface area contributed by atoms with Crippen LogP contribution in [-0.4, -0.2) is 53.2 Å². The van der Waals surface area contributed by atoms with E-state index in [0.717, 1.165) is 6.42 Å². The van der Waals surface area contributed by atoms with E-state index in [1.807, 2.05) is 12.1 Å². The summed E-state index contributed by atoms with van der Waals surface area (Å²) >= 11 is 0. The lowest BCUT2D eigenvalue weighted by atomic mass is 10.2. The van der Waals surface area contributed by atoms with Crippen LogP contribution in [0.4, 0.5) is 4.79 Å². The predicted octanol–water partition coefficient (Wildman–Crippen LogP) is 1.98. The highest BCUT2D eigenvalue weighted by atomic mass is 16.6. The lowest BCUT2D eigenvalue weighted by Gasteiger charge is -2.20. The van der Waals surface area contributed by atoms with Crippen LogP contribution in [0.1, 0.15) is 33.6 Å². The Labute approximate surface area is 142 Å². The zero-order valence-corrected chi connectivity index (χ0v) is 14.4. The van der Waals surface area contributed by atoms with Crippen molar-refractivity contribution < 1.29 is 19.1 Å². The van der Waals surface area contributed by atoms with Crippen LogP contribution in [0.2, 0.25) is 0 Å². The summed E-state index contributed by atoms with van der Waals surface area (Å²) in [5.74, 6) is 0.715. The summed E-state index contributed by atoms with van der Waals surface area (Å²) < 4.78 is 10.9. The molecule has 0 saturated carbocycles. The van der Waals surface area contributed by atoms with Crippen LogP contribution in [0.15, 0.2) is 24.5 Å². The number of likely N-dealkylation sites (tertiary alicyclic amines) is 1. The number of hydrogen-bond donors (Lipinski definition) is 1. The molecule has 132 valence electrons. The number of nitrogens with one attached hydrogen (secondary N) is 1. The van der Waals surface area contributed by atoms with Crippen molar-refractivity contribution in [2.75, 3.05) is 19.6 Å². The second-order valence-electron chi connectivity index (χ2n) is 6.74. The molecule has 7 heteroatoms. The Morgan fingerprint density at radius 1 is 1.42 bits per heavy atom. The predicted molar refractivity (Wildman–Crippen MR) is 88.7 cm³/mol. The van der Waals surface area contributed by atoms with Gasteiger partial charge in [-0.2, -0.15) is 0 Å². The molecule has 0 bridgehead atoms. The molecule has 1 atom stereocenters. The third-order valence-corrected chi connectivity index (χ3v) is 3.44. The van der Waals surface area contributed by atoms with Crippen molar-refractivity contribution in [1.82, 2.24) is 15.2 Å². The van der Waals surface area contributed by atoms with E-state index in [4.69, 9.17) is 9.47 Å². The molecule has 1 aromatic heterocycles. The van der Waals surface area contributed by atoms with Gasteiger partial charge in [-0.25, -0.2) is 4.79 Å². The zero-order chi connectivity index (χ0) is 17.6. The molecule has 1 aliphatic heterocycles. The van der Waals surface area contributed by atoms with Crippen LogP contribution in [0.5, 0.6) is 5.75 Å². The summed E-state index contributed by atoms with van der Waals surface area (Å²) in [7, 11) is 0. The minimum atomic E-state index is -0.542. The first-order chi connectivity index (χ1) is 11.3. The molecule has 2 heterocycles. The van der Waals surface area contributed by atoms with Crippen molar-refractivity contribution in [3.63, 3.8) is 0 Å². The van der Waals surface area contributed by atoms with Crippen LogP contribution >= 0.6 is 0 Å². The molecular formula is C17H25N3O4. The summed E-state index contributed by atoms with van der Waals surface area (Å²) in [6.45, 7) is 6.87. The standard InChI is InChI=1S/C17H25N3O4/c1-17(2,3)24-16(22)19-9-6-15(21)20-10-7-14(12-20)23-13-5-4-8-18-11-13/h4-5,8,11,14H,6-7,9-10,12H2,1-3H3,(H,19,22)/t14-/m1/s1. The van der Waals surface area contributed by atoms with E-state index in [-0.39, 0.29) is 25.0 Å². The quantitative estimate of drug-likeness (QED) is 0.890.